The van der Waals surface area contributed by atoms with Crippen LogP contribution < -0.4 is 0 Å². The van der Waals surface area contributed by atoms with Crippen molar-refractivity contribution in [2.45, 2.75) is 20.8 Å². The molecule has 0 amide bonds. The summed E-state index contributed by atoms with van der Waals surface area (Å²) in [6.07, 6.45) is 5.72. The Morgan fingerprint density at radius 1 is 1.03 bits per heavy atom. The highest BCUT2D eigenvalue weighted by Gasteiger charge is 2.15. The van der Waals surface area contributed by atoms with Gasteiger partial charge in [-0.1, -0.05) is 36.4 Å². The van der Waals surface area contributed by atoms with Crippen molar-refractivity contribution in [1.82, 2.24) is 4.98 Å². The fraction of sp³-hybridized carbons (Fsp3) is 0.154. The lowest BCUT2D eigenvalue weighted by Gasteiger charge is -2.07. The molecule has 0 unspecified atom stereocenters. The van der Waals surface area contributed by atoms with Gasteiger partial charge in [0.2, 0.25) is 5.71 Å². The standard InChI is InChI=1S/C26H23FN2O/c1-16(8-11-20(15-28-4)19-6-5-7-21(27)14-19)24-17(2)9-12-22-23-13-10-18(3)29-26(23)30-25(22)24/h5-15H,1-4H3/b16-8+,20-11+,28-15+. The van der Waals surface area contributed by atoms with Gasteiger partial charge in [0, 0.05) is 35.3 Å². The van der Waals surface area contributed by atoms with Gasteiger partial charge in [-0.3, -0.25) is 4.99 Å². The third-order valence-electron chi connectivity index (χ3n) is 5.19. The van der Waals surface area contributed by atoms with Gasteiger partial charge in [0.15, 0.2) is 0 Å². The molecule has 4 rings (SSSR count). The molecule has 2 heterocycles. The number of rotatable bonds is 4. The van der Waals surface area contributed by atoms with Crippen molar-refractivity contribution in [3.8, 4) is 0 Å². The molecular formula is C26H23FN2O. The summed E-state index contributed by atoms with van der Waals surface area (Å²) in [5.41, 5.74) is 7.25. The van der Waals surface area contributed by atoms with Gasteiger partial charge in [-0.25, -0.2) is 9.37 Å². The molecule has 0 saturated carbocycles. The van der Waals surface area contributed by atoms with Gasteiger partial charge in [-0.15, -0.1) is 0 Å². The average molecular weight is 398 g/mol. The molecule has 0 aliphatic carbocycles. The van der Waals surface area contributed by atoms with Crippen LogP contribution in [-0.4, -0.2) is 18.2 Å². The lowest BCUT2D eigenvalue weighted by Crippen LogP contribution is -1.89. The molecule has 0 saturated heterocycles. The number of pyridine rings is 1. The van der Waals surface area contributed by atoms with Crippen LogP contribution in [0.4, 0.5) is 4.39 Å². The molecule has 0 aliphatic heterocycles. The number of furan rings is 1. The predicted molar refractivity (Wildman–Crippen MR) is 123 cm³/mol. The van der Waals surface area contributed by atoms with Gasteiger partial charge < -0.3 is 4.42 Å². The highest BCUT2D eigenvalue weighted by molar-refractivity contribution is 6.11. The summed E-state index contributed by atoms with van der Waals surface area (Å²) < 4.78 is 19.9. The van der Waals surface area contributed by atoms with Gasteiger partial charge in [0.05, 0.1) is 0 Å². The molecule has 2 aromatic carbocycles. The zero-order chi connectivity index (χ0) is 21.3. The van der Waals surface area contributed by atoms with Gasteiger partial charge >= 0.3 is 0 Å². The lowest BCUT2D eigenvalue weighted by molar-refractivity contribution is 0.627. The van der Waals surface area contributed by atoms with Gasteiger partial charge in [-0.2, -0.15) is 0 Å². The summed E-state index contributed by atoms with van der Waals surface area (Å²) in [5.74, 6) is -0.269. The molecule has 2 aromatic heterocycles. The van der Waals surface area contributed by atoms with Crippen LogP contribution in [0.25, 0.3) is 33.2 Å². The maximum Gasteiger partial charge on any atom is 0.227 e. The van der Waals surface area contributed by atoms with Crippen LogP contribution in [0.3, 0.4) is 0 Å². The quantitative estimate of drug-likeness (QED) is 0.276. The van der Waals surface area contributed by atoms with E-state index in [0.29, 0.717) is 5.71 Å². The summed E-state index contributed by atoms with van der Waals surface area (Å²) in [5, 5.41) is 2.06. The number of aromatic nitrogens is 1. The van der Waals surface area contributed by atoms with Crippen molar-refractivity contribution >= 4 is 39.4 Å². The Hall–Kier alpha value is -3.53. The van der Waals surface area contributed by atoms with Crippen LogP contribution in [0.5, 0.6) is 0 Å². The summed E-state index contributed by atoms with van der Waals surface area (Å²) in [7, 11) is 1.71. The maximum atomic E-state index is 13.7. The molecule has 3 nitrogen and oxygen atoms in total. The summed E-state index contributed by atoms with van der Waals surface area (Å²) in [4.78, 5) is 8.66. The van der Waals surface area contributed by atoms with E-state index in [1.165, 1.54) is 12.1 Å². The summed E-state index contributed by atoms with van der Waals surface area (Å²) >= 11 is 0. The van der Waals surface area contributed by atoms with E-state index in [1.807, 2.05) is 31.2 Å². The van der Waals surface area contributed by atoms with E-state index in [0.717, 1.165) is 49.9 Å². The Morgan fingerprint density at radius 3 is 2.60 bits per heavy atom. The molecule has 0 fully saturated rings. The van der Waals surface area contributed by atoms with Crippen LogP contribution in [0.1, 0.15) is 29.3 Å². The minimum atomic E-state index is -0.269. The highest BCUT2D eigenvalue weighted by Crippen LogP contribution is 2.35. The predicted octanol–water partition coefficient (Wildman–Crippen LogP) is 6.92. The zero-order valence-electron chi connectivity index (χ0n) is 17.5. The van der Waals surface area contributed by atoms with E-state index in [-0.39, 0.29) is 5.82 Å². The number of halogens is 1. The largest absolute Gasteiger partial charge is 0.437 e. The first kappa shape index (κ1) is 19.8. The van der Waals surface area contributed by atoms with Crippen molar-refractivity contribution in [2.75, 3.05) is 7.05 Å². The molecular weight excluding hydrogens is 375 g/mol. The first-order valence-corrected chi connectivity index (χ1v) is 9.84. The Kier molecular flexibility index (Phi) is 5.32. The topological polar surface area (TPSA) is 38.4 Å². The van der Waals surface area contributed by atoms with Gasteiger partial charge in [0.1, 0.15) is 11.4 Å². The summed E-state index contributed by atoms with van der Waals surface area (Å²) in [6.45, 7) is 6.08. The second-order valence-electron chi connectivity index (χ2n) is 7.41. The number of nitrogens with zero attached hydrogens (tertiary/aromatic N) is 2. The van der Waals surface area contributed by atoms with Crippen LogP contribution in [0.15, 0.2) is 70.1 Å². The Bertz CT molecular complexity index is 1340. The molecule has 0 spiro atoms. The van der Waals surface area contributed by atoms with Gasteiger partial charge in [-0.05, 0) is 67.3 Å². The number of aryl methyl sites for hydroxylation is 2. The fourth-order valence-electron chi connectivity index (χ4n) is 3.72. The van der Waals surface area contributed by atoms with Crippen molar-refractivity contribution in [2.24, 2.45) is 4.99 Å². The first-order chi connectivity index (χ1) is 14.5. The number of benzene rings is 2. The van der Waals surface area contributed by atoms with Crippen molar-refractivity contribution in [3.05, 3.63) is 88.9 Å². The van der Waals surface area contributed by atoms with Crippen LogP contribution in [0, 0.1) is 19.7 Å². The molecule has 0 N–H and O–H groups in total. The first-order valence-electron chi connectivity index (χ1n) is 9.84. The fourth-order valence-corrected chi connectivity index (χ4v) is 3.72. The smallest absolute Gasteiger partial charge is 0.227 e. The minimum absolute atomic E-state index is 0.269. The molecule has 150 valence electrons. The normalized spacial score (nSPS) is 13.1. The summed E-state index contributed by atoms with van der Waals surface area (Å²) in [6, 6.07) is 14.8. The number of hydrogen-bond donors (Lipinski definition) is 0. The second kappa shape index (κ2) is 8.07. The average Bonchev–Trinajstić information content (AvgIpc) is 3.07. The van der Waals surface area contributed by atoms with E-state index in [4.69, 9.17) is 4.42 Å². The van der Waals surface area contributed by atoms with E-state index >= 15 is 0 Å². The van der Waals surface area contributed by atoms with E-state index in [9.17, 15) is 4.39 Å². The van der Waals surface area contributed by atoms with E-state index in [2.05, 4.69) is 42.0 Å². The number of hydrogen-bond acceptors (Lipinski definition) is 3. The SMILES string of the molecule is C/N=C/C(=C\C=C(/C)c1c(C)ccc2c1oc1nc(C)ccc12)c1cccc(F)c1. The van der Waals surface area contributed by atoms with Crippen molar-refractivity contribution in [3.63, 3.8) is 0 Å². The molecule has 4 aromatic rings. The lowest BCUT2D eigenvalue weighted by atomic mass is 9.97. The van der Waals surface area contributed by atoms with Crippen LogP contribution in [0.2, 0.25) is 0 Å². The molecule has 4 heteroatoms. The third kappa shape index (κ3) is 3.69. The van der Waals surface area contributed by atoms with Crippen molar-refractivity contribution in [1.29, 1.82) is 0 Å². The zero-order valence-corrected chi connectivity index (χ0v) is 17.5. The third-order valence-corrected chi connectivity index (χ3v) is 5.19. The van der Waals surface area contributed by atoms with Gasteiger partial charge in [0.25, 0.3) is 0 Å². The Balaban J connectivity index is 1.86. The van der Waals surface area contributed by atoms with E-state index in [1.54, 1.807) is 19.3 Å². The maximum absolute atomic E-state index is 13.7. The second-order valence-corrected chi connectivity index (χ2v) is 7.41. The molecule has 0 aliphatic rings. The highest BCUT2D eigenvalue weighted by atomic mass is 19.1. The molecule has 0 atom stereocenters. The van der Waals surface area contributed by atoms with Crippen molar-refractivity contribution < 1.29 is 8.81 Å². The number of fused-ring (bicyclic) bond motifs is 3. The van der Waals surface area contributed by atoms with Crippen LogP contribution >= 0.6 is 0 Å². The Labute approximate surface area is 175 Å². The van der Waals surface area contributed by atoms with Crippen LogP contribution in [-0.2, 0) is 0 Å². The molecule has 30 heavy (non-hydrogen) atoms. The number of aliphatic imine (C=N–C) groups is 1. The Morgan fingerprint density at radius 2 is 1.83 bits per heavy atom. The minimum Gasteiger partial charge on any atom is -0.437 e. The monoisotopic (exact) mass is 398 g/mol. The molecule has 0 bridgehead atoms. The molecule has 0 radical (unpaired) electrons. The number of allylic oxidation sites excluding steroid dienone is 4. The van der Waals surface area contributed by atoms with E-state index < -0.39 is 0 Å².